The average Bonchev–Trinajstić information content (AvgIpc) is 3.20. The second-order valence-corrected chi connectivity index (χ2v) is 9.14. The summed E-state index contributed by atoms with van der Waals surface area (Å²) in [6, 6.07) is 8.31. The van der Waals surface area contributed by atoms with E-state index in [2.05, 4.69) is 60.4 Å². The molecule has 1 aliphatic heterocycles. The zero-order valence-corrected chi connectivity index (χ0v) is 19.8. The number of hydrogen-bond acceptors (Lipinski definition) is 6. The number of likely N-dealkylation sites (N-methyl/N-ethyl adjacent to an activating group) is 1. The van der Waals surface area contributed by atoms with Crippen molar-refractivity contribution < 1.29 is 14.6 Å². The standard InChI is InChI=1S/C24H37N5O3/c1-18-7-5-8-21(11-18)14-27(4)15-23-19(2)13-28(20(3)16-30)24(31)9-6-10-29-22(17-32-23)12-25-26-29/h5,7-8,11-12,19-20,23,30H,6,9-10,13-17H2,1-4H3/t19-,20-,23-/m1/s1. The van der Waals surface area contributed by atoms with Gasteiger partial charge in [0.2, 0.25) is 5.91 Å². The summed E-state index contributed by atoms with van der Waals surface area (Å²) >= 11 is 0. The third kappa shape index (κ3) is 6.60. The van der Waals surface area contributed by atoms with Crippen molar-refractivity contribution in [1.82, 2.24) is 24.8 Å². The molecule has 0 fully saturated rings. The Morgan fingerprint density at radius 1 is 1.38 bits per heavy atom. The molecule has 0 saturated heterocycles. The van der Waals surface area contributed by atoms with E-state index in [9.17, 15) is 9.90 Å². The summed E-state index contributed by atoms with van der Waals surface area (Å²) in [5, 5.41) is 17.9. The second kappa shape index (κ2) is 11.5. The molecule has 8 heteroatoms. The van der Waals surface area contributed by atoms with Crippen molar-refractivity contribution >= 4 is 5.91 Å². The molecule has 1 N–H and O–H groups in total. The quantitative estimate of drug-likeness (QED) is 0.737. The van der Waals surface area contributed by atoms with Crippen molar-refractivity contribution in [2.75, 3.05) is 26.7 Å². The van der Waals surface area contributed by atoms with Gasteiger partial charge in [-0.05, 0) is 32.9 Å². The minimum absolute atomic E-state index is 0.0511. The lowest BCUT2D eigenvalue weighted by Crippen LogP contribution is -2.47. The zero-order chi connectivity index (χ0) is 23.1. The van der Waals surface area contributed by atoms with E-state index in [1.165, 1.54) is 11.1 Å². The van der Waals surface area contributed by atoms with Gasteiger partial charge in [0.05, 0.1) is 37.3 Å². The number of aliphatic hydroxyl groups excluding tert-OH is 1. The maximum absolute atomic E-state index is 12.9. The summed E-state index contributed by atoms with van der Waals surface area (Å²) in [7, 11) is 2.10. The zero-order valence-electron chi connectivity index (χ0n) is 19.8. The highest BCUT2D eigenvalue weighted by Crippen LogP contribution is 2.19. The van der Waals surface area contributed by atoms with Gasteiger partial charge in [0.25, 0.3) is 0 Å². The van der Waals surface area contributed by atoms with Crippen LogP contribution in [-0.4, -0.2) is 74.7 Å². The Morgan fingerprint density at radius 2 is 2.19 bits per heavy atom. The topological polar surface area (TPSA) is 83.7 Å². The highest BCUT2D eigenvalue weighted by molar-refractivity contribution is 5.76. The first-order valence-corrected chi connectivity index (χ1v) is 11.5. The van der Waals surface area contributed by atoms with Gasteiger partial charge in [0, 0.05) is 38.5 Å². The van der Waals surface area contributed by atoms with E-state index in [4.69, 9.17) is 4.74 Å². The second-order valence-electron chi connectivity index (χ2n) is 9.14. The van der Waals surface area contributed by atoms with Crippen molar-refractivity contribution in [1.29, 1.82) is 0 Å². The van der Waals surface area contributed by atoms with Crippen molar-refractivity contribution in [3.63, 3.8) is 0 Å². The number of benzene rings is 1. The molecule has 176 valence electrons. The lowest BCUT2D eigenvalue weighted by Gasteiger charge is -2.35. The fourth-order valence-electron chi connectivity index (χ4n) is 4.24. The first-order valence-electron chi connectivity index (χ1n) is 11.5. The molecule has 32 heavy (non-hydrogen) atoms. The van der Waals surface area contributed by atoms with Crippen LogP contribution in [0.25, 0.3) is 0 Å². The Kier molecular flexibility index (Phi) is 8.78. The number of rotatable bonds is 6. The number of carbonyl (C=O) groups excluding carboxylic acids is 1. The van der Waals surface area contributed by atoms with Gasteiger partial charge in [-0.1, -0.05) is 42.0 Å². The number of aromatic nitrogens is 3. The van der Waals surface area contributed by atoms with Gasteiger partial charge in [0.15, 0.2) is 0 Å². The number of nitrogens with zero attached hydrogens (tertiary/aromatic N) is 5. The van der Waals surface area contributed by atoms with Gasteiger partial charge in [-0.25, -0.2) is 4.68 Å². The number of amides is 1. The van der Waals surface area contributed by atoms with Gasteiger partial charge in [0.1, 0.15) is 0 Å². The SMILES string of the molecule is Cc1cccc(CN(C)C[C@H]2OCc3cnnn3CCCC(=O)N([C@H](C)CO)C[C@H]2C)c1. The minimum atomic E-state index is -0.222. The molecular weight excluding hydrogens is 406 g/mol. The van der Waals surface area contributed by atoms with Gasteiger partial charge >= 0.3 is 0 Å². The third-order valence-corrected chi connectivity index (χ3v) is 6.17. The molecule has 1 aliphatic rings. The van der Waals surface area contributed by atoms with Crippen molar-refractivity contribution in [3.05, 3.63) is 47.3 Å². The fraction of sp³-hybridized carbons (Fsp3) is 0.625. The van der Waals surface area contributed by atoms with Crippen LogP contribution in [0.2, 0.25) is 0 Å². The average molecular weight is 444 g/mol. The molecule has 0 radical (unpaired) electrons. The van der Waals surface area contributed by atoms with E-state index in [-0.39, 0.29) is 30.6 Å². The molecule has 8 nitrogen and oxygen atoms in total. The van der Waals surface area contributed by atoms with Crippen LogP contribution in [0.1, 0.15) is 43.5 Å². The Labute approximate surface area is 191 Å². The number of aliphatic hydroxyl groups is 1. The van der Waals surface area contributed by atoms with Gasteiger partial charge in [-0.2, -0.15) is 0 Å². The number of hydrogen-bond donors (Lipinski definition) is 1. The summed E-state index contributed by atoms with van der Waals surface area (Å²) in [5.41, 5.74) is 3.44. The first-order chi connectivity index (χ1) is 15.4. The van der Waals surface area contributed by atoms with Crippen LogP contribution in [0.3, 0.4) is 0 Å². The largest absolute Gasteiger partial charge is 0.394 e. The van der Waals surface area contributed by atoms with E-state index < -0.39 is 0 Å². The van der Waals surface area contributed by atoms with Crippen molar-refractivity contribution in [2.45, 2.75) is 65.5 Å². The third-order valence-electron chi connectivity index (χ3n) is 6.17. The van der Waals surface area contributed by atoms with Crippen LogP contribution in [0.15, 0.2) is 30.5 Å². The lowest BCUT2D eigenvalue weighted by atomic mass is 10.0. The van der Waals surface area contributed by atoms with Crippen LogP contribution in [-0.2, 0) is 29.2 Å². The Bertz CT molecular complexity index is 871. The Balaban J connectivity index is 1.77. The van der Waals surface area contributed by atoms with Crippen LogP contribution >= 0.6 is 0 Å². The van der Waals surface area contributed by atoms with Crippen LogP contribution in [0.5, 0.6) is 0 Å². The van der Waals surface area contributed by atoms with Crippen LogP contribution in [0.4, 0.5) is 0 Å². The number of fused-ring (bicyclic) bond motifs is 1. The Morgan fingerprint density at radius 3 is 2.94 bits per heavy atom. The molecule has 0 aliphatic carbocycles. The number of carbonyl (C=O) groups is 1. The molecular formula is C24H37N5O3. The summed E-state index contributed by atoms with van der Waals surface area (Å²) in [5.74, 6) is 0.157. The van der Waals surface area contributed by atoms with Crippen molar-refractivity contribution in [2.24, 2.45) is 5.92 Å². The molecule has 3 rings (SSSR count). The van der Waals surface area contributed by atoms with E-state index in [1.54, 1.807) is 6.20 Å². The smallest absolute Gasteiger partial charge is 0.222 e. The predicted molar refractivity (Wildman–Crippen MR) is 123 cm³/mol. The molecule has 0 bridgehead atoms. The maximum Gasteiger partial charge on any atom is 0.222 e. The highest BCUT2D eigenvalue weighted by Gasteiger charge is 2.28. The molecule has 2 heterocycles. The number of aryl methyl sites for hydroxylation is 2. The summed E-state index contributed by atoms with van der Waals surface area (Å²) in [4.78, 5) is 17.0. The van der Waals surface area contributed by atoms with Gasteiger partial charge in [-0.3, -0.25) is 9.69 Å². The van der Waals surface area contributed by atoms with Gasteiger partial charge < -0.3 is 14.7 Å². The molecule has 3 atom stereocenters. The molecule has 0 spiro atoms. The highest BCUT2D eigenvalue weighted by atomic mass is 16.5. The van der Waals surface area contributed by atoms with Gasteiger partial charge in [-0.15, -0.1) is 5.10 Å². The maximum atomic E-state index is 12.9. The summed E-state index contributed by atoms with van der Waals surface area (Å²) in [6.45, 7) is 9.24. The summed E-state index contributed by atoms with van der Waals surface area (Å²) < 4.78 is 8.22. The van der Waals surface area contributed by atoms with E-state index in [0.29, 0.717) is 32.5 Å². The molecule has 2 aromatic rings. The van der Waals surface area contributed by atoms with E-state index >= 15 is 0 Å². The van der Waals surface area contributed by atoms with Crippen molar-refractivity contribution in [3.8, 4) is 0 Å². The molecule has 0 unspecified atom stereocenters. The summed E-state index contributed by atoms with van der Waals surface area (Å²) in [6.07, 6.45) is 2.76. The molecule has 0 saturated carbocycles. The Hall–Kier alpha value is -2.29. The van der Waals surface area contributed by atoms with E-state index in [1.807, 2.05) is 16.5 Å². The molecule has 1 aromatic heterocycles. The van der Waals surface area contributed by atoms with Crippen LogP contribution in [0, 0.1) is 12.8 Å². The normalized spacial score (nSPS) is 21.7. The number of ether oxygens (including phenoxy) is 1. The fourth-order valence-corrected chi connectivity index (χ4v) is 4.24. The minimum Gasteiger partial charge on any atom is -0.394 e. The monoisotopic (exact) mass is 443 g/mol. The molecule has 1 amide bonds. The van der Waals surface area contributed by atoms with Crippen LogP contribution < -0.4 is 0 Å². The first kappa shape index (κ1) is 24.4. The lowest BCUT2D eigenvalue weighted by molar-refractivity contribution is -0.136. The molecule has 1 aromatic carbocycles. The predicted octanol–water partition coefficient (Wildman–Crippen LogP) is 2.24. The van der Waals surface area contributed by atoms with E-state index in [0.717, 1.165) is 18.8 Å².